The van der Waals surface area contributed by atoms with Gasteiger partial charge >= 0.3 is 5.97 Å². The van der Waals surface area contributed by atoms with Gasteiger partial charge in [0.2, 0.25) is 0 Å². The van der Waals surface area contributed by atoms with Gasteiger partial charge in [0, 0.05) is 57.9 Å². The van der Waals surface area contributed by atoms with Crippen LogP contribution < -0.4 is 9.64 Å². The predicted molar refractivity (Wildman–Crippen MR) is 231 cm³/mol. The number of fused-ring (bicyclic) bond motifs is 4. The number of hydrogen-bond donors (Lipinski definition) is 1. The number of pyridine rings is 1. The molecule has 58 heavy (non-hydrogen) atoms. The number of amides is 1. The molecule has 1 atom stereocenters. The largest absolute Gasteiger partial charge is 0.494 e. The first-order valence-corrected chi connectivity index (χ1v) is 20.3. The highest BCUT2D eigenvalue weighted by atomic mass is 35.5. The molecule has 1 aliphatic rings. The van der Waals surface area contributed by atoms with Crippen LogP contribution in [0.2, 0.25) is 10.0 Å². The molecule has 1 unspecified atom stereocenters. The second-order valence-corrected chi connectivity index (χ2v) is 16.5. The number of aromatic carboxylic acids is 1. The van der Waals surface area contributed by atoms with E-state index < -0.39 is 5.97 Å². The standard InChI is InChI=1S/C46H46Cl2N6O4/c1-24-17-31-21-38(46(56)57)52(23-32-12-9-11-27(4)49-32)42(31)37(18-24)53-22-28(5)54-43-35(14-15-36(47)40(43)39-29(6)50-51(8)30(39)7)34(44(54)45(53)55)13-10-16-58-33-19-25(2)41(48)26(3)20-33/h9,11-12,14-15,17-21,28H,10,13,16,22-23H2,1-8H3,(H,56,57). The minimum Gasteiger partial charge on any atom is -0.494 e. The van der Waals surface area contributed by atoms with E-state index in [1.807, 2.05) is 113 Å². The highest BCUT2D eigenvalue weighted by molar-refractivity contribution is 6.35. The normalized spacial score (nSPS) is 14.2. The number of carbonyl (C=O) groups excluding carboxylic acids is 1. The minimum absolute atomic E-state index is 0.130. The molecule has 3 aromatic carbocycles. The summed E-state index contributed by atoms with van der Waals surface area (Å²) < 4.78 is 12.1. The van der Waals surface area contributed by atoms with Crippen molar-refractivity contribution >= 4 is 62.6 Å². The van der Waals surface area contributed by atoms with E-state index in [4.69, 9.17) is 38.0 Å². The third kappa shape index (κ3) is 6.62. The zero-order valence-electron chi connectivity index (χ0n) is 34.0. The molecule has 0 saturated heterocycles. The summed E-state index contributed by atoms with van der Waals surface area (Å²) in [6, 6.07) is 19.0. The lowest BCUT2D eigenvalue weighted by Crippen LogP contribution is -2.43. The Kier molecular flexibility index (Phi) is 10.1. The quantitative estimate of drug-likeness (QED) is 0.138. The van der Waals surface area contributed by atoms with Crippen molar-refractivity contribution in [3.63, 3.8) is 0 Å². The maximum Gasteiger partial charge on any atom is 0.352 e. The first-order chi connectivity index (χ1) is 27.6. The number of rotatable bonds is 10. The number of aromatic nitrogens is 5. The maximum atomic E-state index is 15.5. The van der Waals surface area contributed by atoms with E-state index in [0.717, 1.165) is 83.2 Å². The van der Waals surface area contributed by atoms with Gasteiger partial charge in [-0.2, -0.15) is 5.10 Å². The summed E-state index contributed by atoms with van der Waals surface area (Å²) in [7, 11) is 1.93. The van der Waals surface area contributed by atoms with Gasteiger partial charge in [0.1, 0.15) is 17.1 Å². The third-order valence-corrected chi connectivity index (χ3v) is 12.4. The van der Waals surface area contributed by atoms with E-state index in [1.165, 1.54) is 0 Å². The topological polar surface area (TPSA) is 107 Å². The van der Waals surface area contributed by atoms with E-state index in [0.29, 0.717) is 47.9 Å². The summed E-state index contributed by atoms with van der Waals surface area (Å²) in [5.74, 6) is -0.463. The molecule has 0 fully saturated rings. The summed E-state index contributed by atoms with van der Waals surface area (Å²) in [4.78, 5) is 34.8. The monoisotopic (exact) mass is 816 g/mol. The van der Waals surface area contributed by atoms with Crippen LogP contribution in [0.25, 0.3) is 32.9 Å². The lowest BCUT2D eigenvalue weighted by molar-refractivity contribution is 0.0686. The lowest BCUT2D eigenvalue weighted by atomic mass is 9.98. The molecule has 12 heteroatoms. The van der Waals surface area contributed by atoms with Gasteiger partial charge in [-0.1, -0.05) is 35.3 Å². The molecule has 0 saturated carbocycles. The fourth-order valence-corrected chi connectivity index (χ4v) is 9.23. The molecule has 10 nitrogen and oxygen atoms in total. The highest BCUT2D eigenvalue weighted by Crippen LogP contribution is 2.46. The number of halogens is 2. The summed E-state index contributed by atoms with van der Waals surface area (Å²) >= 11 is 13.6. The fraction of sp³-hybridized carbons (Fsp3) is 0.304. The molecule has 4 aromatic heterocycles. The fourth-order valence-electron chi connectivity index (χ4n) is 8.87. The number of carboxylic acid groups (broad SMARTS) is 1. The molecule has 1 N–H and O–H groups in total. The zero-order valence-corrected chi connectivity index (χ0v) is 35.5. The lowest BCUT2D eigenvalue weighted by Gasteiger charge is -2.35. The number of hydrogen-bond acceptors (Lipinski definition) is 5. The second-order valence-electron chi connectivity index (χ2n) is 15.7. The van der Waals surface area contributed by atoms with Crippen LogP contribution in [-0.4, -0.2) is 54.0 Å². The van der Waals surface area contributed by atoms with Crippen LogP contribution in [0.15, 0.2) is 60.7 Å². The Balaban J connectivity index is 1.30. The number of nitrogens with zero attached hydrogens (tertiary/aromatic N) is 6. The van der Waals surface area contributed by atoms with E-state index in [1.54, 1.807) is 10.6 Å². The molecule has 1 aliphatic heterocycles. The summed E-state index contributed by atoms with van der Waals surface area (Å²) in [5, 5.41) is 18.2. The number of aryl methyl sites for hydroxylation is 7. The Morgan fingerprint density at radius 2 is 1.69 bits per heavy atom. The summed E-state index contributed by atoms with van der Waals surface area (Å²) in [5.41, 5.74) is 11.9. The molecule has 0 spiro atoms. The average molecular weight is 818 g/mol. The van der Waals surface area contributed by atoms with Crippen molar-refractivity contribution in [3.8, 4) is 16.9 Å². The van der Waals surface area contributed by atoms with Crippen molar-refractivity contribution in [2.75, 3.05) is 18.1 Å². The Labute approximate surface area is 347 Å². The maximum absolute atomic E-state index is 15.5. The van der Waals surface area contributed by atoms with E-state index in [2.05, 4.69) is 11.5 Å². The van der Waals surface area contributed by atoms with Crippen LogP contribution in [0.4, 0.5) is 5.69 Å². The van der Waals surface area contributed by atoms with Crippen LogP contribution in [-0.2, 0) is 20.0 Å². The summed E-state index contributed by atoms with van der Waals surface area (Å²) in [6.07, 6.45) is 1.20. The number of benzene rings is 3. The molecular formula is C46H46Cl2N6O4. The molecule has 0 aliphatic carbocycles. The van der Waals surface area contributed by atoms with Gasteiger partial charge in [0.15, 0.2) is 0 Å². The molecule has 298 valence electrons. The van der Waals surface area contributed by atoms with Crippen molar-refractivity contribution < 1.29 is 19.4 Å². The molecule has 0 radical (unpaired) electrons. The third-order valence-electron chi connectivity index (χ3n) is 11.5. The Hall–Kier alpha value is -5.58. The van der Waals surface area contributed by atoms with Crippen LogP contribution in [0, 0.1) is 41.5 Å². The van der Waals surface area contributed by atoms with Crippen LogP contribution in [0.3, 0.4) is 0 Å². The predicted octanol–water partition coefficient (Wildman–Crippen LogP) is 10.5. The first-order valence-electron chi connectivity index (χ1n) is 19.5. The van der Waals surface area contributed by atoms with Crippen molar-refractivity contribution in [1.82, 2.24) is 23.9 Å². The second kappa shape index (κ2) is 15.0. The molecular weight excluding hydrogens is 771 g/mol. The smallest absolute Gasteiger partial charge is 0.352 e. The van der Waals surface area contributed by atoms with Crippen LogP contribution in [0.5, 0.6) is 5.75 Å². The van der Waals surface area contributed by atoms with Gasteiger partial charge in [-0.15, -0.1) is 0 Å². The molecule has 5 heterocycles. The highest BCUT2D eigenvalue weighted by Gasteiger charge is 2.38. The van der Waals surface area contributed by atoms with E-state index in [-0.39, 0.29) is 24.2 Å². The van der Waals surface area contributed by atoms with Crippen LogP contribution >= 0.6 is 23.2 Å². The van der Waals surface area contributed by atoms with Crippen molar-refractivity contribution in [2.24, 2.45) is 7.05 Å². The van der Waals surface area contributed by atoms with Gasteiger partial charge < -0.3 is 23.9 Å². The zero-order chi connectivity index (χ0) is 41.3. The first kappa shape index (κ1) is 39.3. The van der Waals surface area contributed by atoms with Crippen molar-refractivity contribution in [2.45, 2.75) is 73.9 Å². The van der Waals surface area contributed by atoms with E-state index >= 15 is 4.79 Å². The number of anilines is 1. The SMILES string of the molecule is Cc1cc(N2CC(C)n3c(c(CCCOc4cc(C)c(Cl)c(C)c4)c4ccc(Cl)c(-c5c(C)nn(C)c5C)c43)C2=O)c2c(c1)cc(C(=O)O)n2Cc1cccc(C)n1. The molecule has 0 bridgehead atoms. The Bertz CT molecular complexity index is 2810. The molecule has 1 amide bonds. The van der Waals surface area contributed by atoms with Crippen molar-refractivity contribution in [1.29, 1.82) is 0 Å². The molecule has 8 rings (SSSR count). The molecule has 7 aromatic rings. The summed E-state index contributed by atoms with van der Waals surface area (Å²) in [6.45, 7) is 15.0. The Morgan fingerprint density at radius 1 is 0.948 bits per heavy atom. The number of carbonyl (C=O) groups is 2. The van der Waals surface area contributed by atoms with Gasteiger partial charge in [-0.05, 0) is 132 Å². The van der Waals surface area contributed by atoms with E-state index in [9.17, 15) is 9.90 Å². The van der Waals surface area contributed by atoms with Gasteiger partial charge in [0.25, 0.3) is 5.91 Å². The number of ether oxygens (including phenoxy) is 1. The van der Waals surface area contributed by atoms with Gasteiger partial charge in [-0.3, -0.25) is 14.5 Å². The minimum atomic E-state index is -1.05. The van der Waals surface area contributed by atoms with Gasteiger partial charge in [0.05, 0.1) is 46.3 Å². The number of carboxylic acids is 1. The van der Waals surface area contributed by atoms with Crippen LogP contribution in [0.1, 0.15) is 85.4 Å². The van der Waals surface area contributed by atoms with Gasteiger partial charge in [-0.25, -0.2) is 4.79 Å². The Morgan fingerprint density at radius 3 is 2.36 bits per heavy atom. The van der Waals surface area contributed by atoms with Crippen molar-refractivity contribution in [3.05, 3.63) is 127 Å². The average Bonchev–Trinajstić information content (AvgIpc) is 3.78.